The van der Waals surface area contributed by atoms with E-state index in [1.807, 2.05) is 12.1 Å². The van der Waals surface area contributed by atoms with E-state index >= 15 is 0 Å². The largest absolute Gasteiger partial charge is 0.508 e. The molecular formula is C17H19FN2O2. The first-order valence-electron chi connectivity index (χ1n) is 7.35. The van der Waals surface area contributed by atoms with Crippen LogP contribution in [0.5, 0.6) is 11.5 Å². The van der Waals surface area contributed by atoms with Crippen molar-refractivity contribution in [1.29, 1.82) is 0 Å². The van der Waals surface area contributed by atoms with Gasteiger partial charge < -0.3 is 15.1 Å². The molecule has 1 aliphatic rings. The fraction of sp³-hybridized carbons (Fsp3) is 0.294. The Morgan fingerprint density at radius 2 is 1.59 bits per heavy atom. The van der Waals surface area contributed by atoms with Crippen LogP contribution in [0.3, 0.4) is 0 Å². The van der Waals surface area contributed by atoms with E-state index in [-0.39, 0.29) is 17.3 Å². The maximum absolute atomic E-state index is 12.9. The molecule has 1 heterocycles. The zero-order valence-corrected chi connectivity index (χ0v) is 12.2. The van der Waals surface area contributed by atoms with Gasteiger partial charge in [-0.2, -0.15) is 0 Å². The molecular weight excluding hydrogens is 283 g/mol. The van der Waals surface area contributed by atoms with Crippen molar-refractivity contribution in [3.8, 4) is 11.5 Å². The van der Waals surface area contributed by atoms with Crippen molar-refractivity contribution < 1.29 is 14.6 Å². The molecule has 0 amide bonds. The highest BCUT2D eigenvalue weighted by atomic mass is 19.1. The second kappa shape index (κ2) is 6.23. The molecule has 0 atom stereocenters. The van der Waals surface area contributed by atoms with Gasteiger partial charge in [0.25, 0.3) is 0 Å². The van der Waals surface area contributed by atoms with Gasteiger partial charge in [0.15, 0.2) is 0 Å². The molecule has 0 unspecified atom stereocenters. The van der Waals surface area contributed by atoms with Crippen LogP contribution in [0.1, 0.15) is 5.56 Å². The molecule has 22 heavy (non-hydrogen) atoms. The highest BCUT2D eigenvalue weighted by Gasteiger charge is 2.19. The molecule has 1 aliphatic heterocycles. The normalized spacial score (nSPS) is 16.0. The van der Waals surface area contributed by atoms with Crippen LogP contribution in [0.2, 0.25) is 0 Å². The van der Waals surface area contributed by atoms with Crippen LogP contribution < -0.4 is 4.90 Å². The zero-order chi connectivity index (χ0) is 15.5. The number of phenolic OH excluding ortho intramolecular Hbond substituents is 2. The van der Waals surface area contributed by atoms with Crippen molar-refractivity contribution >= 4 is 5.69 Å². The Kier molecular flexibility index (Phi) is 4.15. The molecule has 2 N–H and O–H groups in total. The van der Waals surface area contributed by atoms with E-state index in [9.17, 15) is 14.6 Å². The topological polar surface area (TPSA) is 46.9 Å². The number of aromatic hydroxyl groups is 2. The van der Waals surface area contributed by atoms with Gasteiger partial charge in [-0.15, -0.1) is 0 Å². The molecule has 0 radical (unpaired) electrons. The predicted molar refractivity (Wildman–Crippen MR) is 83.7 cm³/mol. The highest BCUT2D eigenvalue weighted by molar-refractivity contribution is 5.60. The van der Waals surface area contributed by atoms with Gasteiger partial charge in [-0.25, -0.2) is 4.39 Å². The van der Waals surface area contributed by atoms with E-state index < -0.39 is 0 Å². The number of halogens is 1. The summed E-state index contributed by atoms with van der Waals surface area (Å²) in [5.74, 6) is 0.124. The van der Waals surface area contributed by atoms with Crippen molar-refractivity contribution in [1.82, 2.24) is 4.90 Å². The SMILES string of the molecule is Oc1ccc(O)c(N2CCN(Cc3ccc(F)cc3)CC2)c1. The molecule has 5 heteroatoms. The van der Waals surface area contributed by atoms with Gasteiger partial charge in [0.2, 0.25) is 0 Å². The lowest BCUT2D eigenvalue weighted by molar-refractivity contribution is 0.249. The molecule has 1 saturated heterocycles. The van der Waals surface area contributed by atoms with Crippen LogP contribution in [0, 0.1) is 5.82 Å². The van der Waals surface area contributed by atoms with Crippen molar-refractivity contribution in [3.05, 3.63) is 53.8 Å². The summed E-state index contributed by atoms with van der Waals surface area (Å²) in [4.78, 5) is 4.36. The minimum atomic E-state index is -0.215. The maximum Gasteiger partial charge on any atom is 0.139 e. The average molecular weight is 302 g/mol. The molecule has 1 fully saturated rings. The van der Waals surface area contributed by atoms with Crippen LogP contribution in [0.15, 0.2) is 42.5 Å². The van der Waals surface area contributed by atoms with E-state index in [0.717, 1.165) is 38.3 Å². The Labute approximate surface area is 129 Å². The maximum atomic E-state index is 12.9. The summed E-state index contributed by atoms with van der Waals surface area (Å²) in [6.07, 6.45) is 0. The van der Waals surface area contributed by atoms with Gasteiger partial charge in [0.1, 0.15) is 17.3 Å². The third-order valence-electron chi connectivity index (χ3n) is 3.99. The Morgan fingerprint density at radius 3 is 2.27 bits per heavy atom. The molecule has 0 saturated carbocycles. The number of anilines is 1. The Balaban J connectivity index is 1.60. The van der Waals surface area contributed by atoms with Gasteiger partial charge in [0, 0.05) is 38.8 Å². The summed E-state index contributed by atoms with van der Waals surface area (Å²) in [5, 5.41) is 19.5. The van der Waals surface area contributed by atoms with Crippen LogP contribution in [0.4, 0.5) is 10.1 Å². The number of hydrogen-bond donors (Lipinski definition) is 2. The minimum Gasteiger partial charge on any atom is -0.508 e. The van der Waals surface area contributed by atoms with Crippen LogP contribution in [-0.4, -0.2) is 41.3 Å². The van der Waals surface area contributed by atoms with Crippen LogP contribution >= 0.6 is 0 Å². The molecule has 2 aromatic rings. The summed E-state index contributed by atoms with van der Waals surface area (Å²) in [7, 11) is 0. The lowest BCUT2D eigenvalue weighted by atomic mass is 10.2. The molecule has 2 aromatic carbocycles. The predicted octanol–water partition coefficient (Wildman–Crippen LogP) is 2.56. The minimum absolute atomic E-state index is 0.154. The van der Waals surface area contributed by atoms with Gasteiger partial charge in [0.05, 0.1) is 5.69 Å². The fourth-order valence-corrected chi connectivity index (χ4v) is 2.76. The first-order valence-corrected chi connectivity index (χ1v) is 7.35. The van der Waals surface area contributed by atoms with Gasteiger partial charge in [-0.05, 0) is 29.8 Å². The van der Waals surface area contributed by atoms with Crippen molar-refractivity contribution in [2.45, 2.75) is 6.54 Å². The second-order valence-electron chi connectivity index (χ2n) is 5.56. The third kappa shape index (κ3) is 3.31. The Hall–Kier alpha value is -2.27. The first-order chi connectivity index (χ1) is 10.6. The number of nitrogens with zero attached hydrogens (tertiary/aromatic N) is 2. The summed E-state index contributed by atoms with van der Waals surface area (Å²) < 4.78 is 12.9. The molecule has 0 spiro atoms. The van der Waals surface area contributed by atoms with E-state index in [4.69, 9.17) is 0 Å². The Bertz CT molecular complexity index is 638. The van der Waals surface area contributed by atoms with Gasteiger partial charge >= 0.3 is 0 Å². The smallest absolute Gasteiger partial charge is 0.139 e. The third-order valence-corrected chi connectivity index (χ3v) is 3.99. The average Bonchev–Trinajstić information content (AvgIpc) is 2.53. The zero-order valence-electron chi connectivity index (χ0n) is 12.2. The van der Waals surface area contributed by atoms with Gasteiger partial charge in [-0.1, -0.05) is 12.1 Å². The quantitative estimate of drug-likeness (QED) is 0.856. The summed E-state index contributed by atoms with van der Waals surface area (Å²) in [6, 6.07) is 11.2. The Morgan fingerprint density at radius 1 is 0.909 bits per heavy atom. The van der Waals surface area contributed by atoms with E-state index in [0.29, 0.717) is 5.69 Å². The van der Waals surface area contributed by atoms with E-state index in [1.165, 1.54) is 24.3 Å². The first kappa shape index (κ1) is 14.7. The molecule has 116 valence electrons. The fourth-order valence-electron chi connectivity index (χ4n) is 2.76. The van der Waals surface area contributed by atoms with E-state index in [1.54, 1.807) is 6.07 Å². The number of benzene rings is 2. The van der Waals surface area contributed by atoms with E-state index in [2.05, 4.69) is 9.80 Å². The molecule has 4 nitrogen and oxygen atoms in total. The summed E-state index contributed by atoms with van der Waals surface area (Å²) >= 11 is 0. The standard InChI is InChI=1S/C17H19FN2O2/c18-14-3-1-13(2-4-14)12-19-7-9-20(10-8-19)16-11-15(21)5-6-17(16)22/h1-6,11,21-22H,7-10,12H2. The summed E-state index contributed by atoms with van der Waals surface area (Å²) in [6.45, 7) is 4.05. The van der Waals surface area contributed by atoms with Gasteiger partial charge in [-0.3, -0.25) is 4.90 Å². The van der Waals surface area contributed by atoms with Crippen molar-refractivity contribution in [2.75, 3.05) is 31.1 Å². The van der Waals surface area contributed by atoms with Crippen LogP contribution in [0.25, 0.3) is 0 Å². The number of rotatable bonds is 3. The van der Waals surface area contributed by atoms with Crippen LogP contribution in [-0.2, 0) is 6.54 Å². The lowest BCUT2D eigenvalue weighted by Gasteiger charge is -2.36. The molecule has 0 aliphatic carbocycles. The van der Waals surface area contributed by atoms with Crippen molar-refractivity contribution in [2.24, 2.45) is 0 Å². The molecule has 0 bridgehead atoms. The second-order valence-corrected chi connectivity index (χ2v) is 5.56. The number of phenols is 2. The summed E-state index contributed by atoms with van der Waals surface area (Å²) in [5.41, 5.74) is 1.76. The van der Waals surface area contributed by atoms with Crippen molar-refractivity contribution in [3.63, 3.8) is 0 Å². The number of piperazine rings is 1. The lowest BCUT2D eigenvalue weighted by Crippen LogP contribution is -2.45. The molecule has 0 aromatic heterocycles. The number of hydrogen-bond acceptors (Lipinski definition) is 4. The molecule has 3 rings (SSSR count). The monoisotopic (exact) mass is 302 g/mol. The highest BCUT2D eigenvalue weighted by Crippen LogP contribution is 2.31.